The van der Waals surface area contributed by atoms with Gasteiger partial charge in [0.05, 0.1) is 18.0 Å². The highest BCUT2D eigenvalue weighted by Crippen LogP contribution is 2.30. The number of aliphatic hydroxyl groups is 1. The van der Waals surface area contributed by atoms with E-state index in [4.69, 9.17) is 0 Å². The number of benzene rings is 1. The highest BCUT2D eigenvalue weighted by atomic mass is 16.3. The molecule has 3 rings (SSSR count). The minimum absolute atomic E-state index is 0.108. The Kier molecular flexibility index (Phi) is 4.34. The molecule has 1 aromatic carbocycles. The number of aromatic nitrogens is 2. The van der Waals surface area contributed by atoms with Gasteiger partial charge in [-0.15, -0.1) is 0 Å². The molecule has 3 N–H and O–H groups in total. The quantitative estimate of drug-likeness (QED) is 0.791. The average Bonchev–Trinajstić information content (AvgIpc) is 3.05. The molecule has 2 aromatic rings. The van der Waals surface area contributed by atoms with Crippen LogP contribution >= 0.6 is 0 Å². The molecule has 1 saturated carbocycles. The van der Waals surface area contributed by atoms with Gasteiger partial charge in [0.15, 0.2) is 0 Å². The van der Waals surface area contributed by atoms with Crippen molar-refractivity contribution in [3.8, 4) is 5.69 Å². The molecule has 0 aliphatic heterocycles. The third-order valence-electron chi connectivity index (χ3n) is 4.41. The lowest BCUT2D eigenvalue weighted by atomic mass is 9.80. The summed E-state index contributed by atoms with van der Waals surface area (Å²) < 4.78 is 1.92. The van der Waals surface area contributed by atoms with Gasteiger partial charge in [0.2, 0.25) is 0 Å². The van der Waals surface area contributed by atoms with E-state index in [0.717, 1.165) is 30.5 Å². The first-order valence-corrected chi connectivity index (χ1v) is 7.91. The maximum Gasteiger partial charge on any atom is 0.315 e. The molecule has 1 aliphatic rings. The Morgan fingerprint density at radius 1 is 1.39 bits per heavy atom. The van der Waals surface area contributed by atoms with Crippen molar-refractivity contribution < 1.29 is 9.90 Å². The molecule has 23 heavy (non-hydrogen) atoms. The SMILES string of the molecule is CC(NC(=O)NCC1(O)CCC1)c1ccc(-n2ccnc2)cc1. The number of carbonyl (C=O) groups excluding carboxylic acids is 1. The molecular weight excluding hydrogens is 292 g/mol. The summed E-state index contributed by atoms with van der Waals surface area (Å²) in [6, 6.07) is 7.59. The van der Waals surface area contributed by atoms with Gasteiger partial charge in [0.25, 0.3) is 0 Å². The fraction of sp³-hybridized carbons (Fsp3) is 0.412. The van der Waals surface area contributed by atoms with Crippen molar-refractivity contribution >= 4 is 6.03 Å². The summed E-state index contributed by atoms with van der Waals surface area (Å²) in [5.74, 6) is 0. The molecule has 0 spiro atoms. The van der Waals surface area contributed by atoms with Gasteiger partial charge < -0.3 is 20.3 Å². The number of nitrogens with zero attached hydrogens (tertiary/aromatic N) is 2. The number of hydrogen-bond acceptors (Lipinski definition) is 3. The number of imidazole rings is 1. The topological polar surface area (TPSA) is 79.2 Å². The second kappa shape index (κ2) is 6.42. The van der Waals surface area contributed by atoms with E-state index in [1.807, 2.05) is 42.0 Å². The van der Waals surface area contributed by atoms with Crippen molar-refractivity contribution in [1.29, 1.82) is 0 Å². The van der Waals surface area contributed by atoms with Crippen LogP contribution in [0.2, 0.25) is 0 Å². The summed E-state index contributed by atoms with van der Waals surface area (Å²) in [7, 11) is 0. The summed E-state index contributed by atoms with van der Waals surface area (Å²) in [5.41, 5.74) is 1.34. The van der Waals surface area contributed by atoms with Crippen molar-refractivity contribution in [1.82, 2.24) is 20.2 Å². The monoisotopic (exact) mass is 314 g/mol. The zero-order valence-corrected chi connectivity index (χ0v) is 13.2. The van der Waals surface area contributed by atoms with Crippen LogP contribution in [0.5, 0.6) is 0 Å². The molecule has 0 saturated heterocycles. The minimum Gasteiger partial charge on any atom is -0.388 e. The highest BCUT2D eigenvalue weighted by molar-refractivity contribution is 5.74. The second-order valence-electron chi connectivity index (χ2n) is 6.19. The van der Waals surface area contributed by atoms with Crippen LogP contribution < -0.4 is 10.6 Å². The van der Waals surface area contributed by atoms with Crippen molar-refractivity contribution in [3.05, 3.63) is 48.5 Å². The van der Waals surface area contributed by atoms with Crippen LogP contribution in [0.1, 0.15) is 37.8 Å². The van der Waals surface area contributed by atoms with Gasteiger partial charge in [-0.05, 0) is 43.9 Å². The Morgan fingerprint density at radius 3 is 2.70 bits per heavy atom. The Morgan fingerprint density at radius 2 is 2.13 bits per heavy atom. The minimum atomic E-state index is -0.701. The largest absolute Gasteiger partial charge is 0.388 e. The molecule has 1 heterocycles. The number of nitrogens with one attached hydrogen (secondary N) is 2. The first-order valence-electron chi connectivity index (χ1n) is 7.91. The van der Waals surface area contributed by atoms with E-state index in [2.05, 4.69) is 15.6 Å². The lowest BCUT2D eigenvalue weighted by molar-refractivity contribution is -0.0290. The van der Waals surface area contributed by atoms with Gasteiger partial charge in [-0.3, -0.25) is 0 Å². The summed E-state index contributed by atoms with van der Waals surface area (Å²) in [6.45, 7) is 2.25. The molecule has 1 unspecified atom stereocenters. The lowest BCUT2D eigenvalue weighted by Crippen LogP contribution is -2.50. The van der Waals surface area contributed by atoms with Crippen molar-refractivity contribution in [3.63, 3.8) is 0 Å². The molecule has 1 aliphatic carbocycles. The molecule has 6 heteroatoms. The summed E-state index contributed by atoms with van der Waals surface area (Å²) in [4.78, 5) is 15.9. The Bertz CT molecular complexity index is 648. The molecule has 1 aromatic heterocycles. The maximum absolute atomic E-state index is 11.9. The number of carbonyl (C=O) groups is 1. The van der Waals surface area contributed by atoms with Gasteiger partial charge >= 0.3 is 6.03 Å². The van der Waals surface area contributed by atoms with Crippen LogP contribution in [0.3, 0.4) is 0 Å². The first kappa shape index (κ1) is 15.6. The van der Waals surface area contributed by atoms with Gasteiger partial charge in [-0.25, -0.2) is 9.78 Å². The first-order chi connectivity index (χ1) is 11.1. The van der Waals surface area contributed by atoms with Gasteiger partial charge in [-0.1, -0.05) is 12.1 Å². The van der Waals surface area contributed by atoms with E-state index >= 15 is 0 Å². The lowest BCUT2D eigenvalue weighted by Gasteiger charge is -2.36. The van der Waals surface area contributed by atoms with Gasteiger partial charge in [0.1, 0.15) is 0 Å². The molecular formula is C17H22N4O2. The zero-order chi connectivity index (χ0) is 16.3. The van der Waals surface area contributed by atoms with Crippen LogP contribution in [0.25, 0.3) is 5.69 Å². The average molecular weight is 314 g/mol. The fourth-order valence-electron chi connectivity index (χ4n) is 2.68. The number of urea groups is 1. The zero-order valence-electron chi connectivity index (χ0n) is 13.2. The van der Waals surface area contributed by atoms with Crippen molar-refractivity contribution in [2.45, 2.75) is 37.8 Å². The smallest absolute Gasteiger partial charge is 0.315 e. The summed E-state index contributed by atoms with van der Waals surface area (Å²) in [5, 5.41) is 15.6. The third kappa shape index (κ3) is 3.71. The molecule has 122 valence electrons. The van der Waals surface area contributed by atoms with Crippen molar-refractivity contribution in [2.75, 3.05) is 6.54 Å². The highest BCUT2D eigenvalue weighted by Gasteiger charge is 2.34. The summed E-state index contributed by atoms with van der Waals surface area (Å²) >= 11 is 0. The summed E-state index contributed by atoms with van der Waals surface area (Å²) in [6.07, 6.45) is 7.92. The van der Waals surface area contributed by atoms with Crippen molar-refractivity contribution in [2.24, 2.45) is 0 Å². The van der Waals surface area contributed by atoms with Crippen LogP contribution in [0.4, 0.5) is 4.79 Å². The molecule has 1 fully saturated rings. The van der Waals surface area contributed by atoms with E-state index in [9.17, 15) is 9.90 Å². The maximum atomic E-state index is 11.9. The van der Waals surface area contributed by atoms with E-state index in [0.29, 0.717) is 6.54 Å². The van der Waals surface area contributed by atoms with E-state index in [-0.39, 0.29) is 12.1 Å². The Labute approximate surface area is 135 Å². The van der Waals surface area contributed by atoms with E-state index in [1.165, 1.54) is 0 Å². The van der Waals surface area contributed by atoms with Crippen LogP contribution in [-0.2, 0) is 0 Å². The van der Waals surface area contributed by atoms with Gasteiger partial charge in [-0.2, -0.15) is 0 Å². The Hall–Kier alpha value is -2.34. The van der Waals surface area contributed by atoms with E-state index < -0.39 is 5.60 Å². The second-order valence-corrected chi connectivity index (χ2v) is 6.19. The Balaban J connectivity index is 1.53. The third-order valence-corrected chi connectivity index (χ3v) is 4.41. The predicted molar refractivity (Wildman–Crippen MR) is 87.3 cm³/mol. The standard InChI is InChI=1S/C17H22N4O2/c1-13(20-16(22)19-11-17(23)7-2-8-17)14-3-5-15(6-4-14)21-10-9-18-12-21/h3-6,9-10,12-13,23H,2,7-8,11H2,1H3,(H2,19,20,22). The normalized spacial score (nSPS) is 17.1. The molecule has 6 nitrogen and oxygen atoms in total. The van der Waals surface area contributed by atoms with E-state index in [1.54, 1.807) is 12.5 Å². The molecule has 1 atom stereocenters. The fourth-order valence-corrected chi connectivity index (χ4v) is 2.68. The number of amides is 2. The van der Waals surface area contributed by atoms with Gasteiger partial charge in [0, 0.05) is 24.6 Å². The number of rotatable bonds is 5. The number of hydrogen-bond donors (Lipinski definition) is 3. The molecule has 0 radical (unpaired) electrons. The van der Waals surface area contributed by atoms with Crippen LogP contribution in [0, 0.1) is 0 Å². The van der Waals surface area contributed by atoms with Crippen LogP contribution in [0.15, 0.2) is 43.0 Å². The molecule has 0 bridgehead atoms. The molecule has 2 amide bonds. The van der Waals surface area contributed by atoms with Crippen LogP contribution in [-0.4, -0.2) is 32.8 Å². The predicted octanol–water partition coefficient (Wildman–Crippen LogP) is 2.15.